The van der Waals surface area contributed by atoms with E-state index >= 15 is 0 Å². The van der Waals surface area contributed by atoms with E-state index in [9.17, 15) is 9.59 Å². The van der Waals surface area contributed by atoms with Crippen molar-refractivity contribution in [2.75, 3.05) is 19.6 Å². The third-order valence-electron chi connectivity index (χ3n) is 2.18. The molecule has 5 nitrogen and oxygen atoms in total. The van der Waals surface area contributed by atoms with E-state index in [1.165, 1.54) is 0 Å². The second-order valence-corrected chi connectivity index (χ2v) is 3.58. The molecule has 0 aliphatic carbocycles. The number of hydrogen-bond donors (Lipinski definition) is 2. The second kappa shape index (κ2) is 7.87. The Morgan fingerprint density at radius 2 is 2.19 bits per heavy atom. The van der Waals surface area contributed by atoms with Gasteiger partial charge in [0.15, 0.2) is 0 Å². The van der Waals surface area contributed by atoms with E-state index in [4.69, 9.17) is 5.11 Å². The maximum atomic E-state index is 11.6. The first kappa shape index (κ1) is 14.6. The van der Waals surface area contributed by atoms with Crippen LogP contribution in [-0.2, 0) is 9.59 Å². The highest BCUT2D eigenvalue weighted by atomic mass is 16.4. The molecular weight excluding hydrogens is 208 g/mol. The number of carbonyl (C=O) groups excluding carboxylic acids is 1. The van der Waals surface area contributed by atoms with Crippen LogP contribution in [0.2, 0.25) is 0 Å². The first-order valence-corrected chi connectivity index (χ1v) is 5.37. The van der Waals surface area contributed by atoms with E-state index in [0.29, 0.717) is 13.1 Å². The Labute approximate surface area is 96.1 Å². The monoisotopic (exact) mass is 228 g/mol. The van der Waals surface area contributed by atoms with E-state index < -0.39 is 12.0 Å². The number of carbonyl (C=O) groups is 2. The van der Waals surface area contributed by atoms with Crippen LogP contribution < -0.4 is 5.32 Å². The maximum Gasteiger partial charge on any atom is 0.317 e. The predicted molar refractivity (Wildman–Crippen MR) is 62.2 cm³/mol. The minimum Gasteiger partial charge on any atom is -0.480 e. The van der Waals surface area contributed by atoms with Crippen molar-refractivity contribution in [2.45, 2.75) is 26.3 Å². The van der Waals surface area contributed by atoms with Crippen LogP contribution in [0.3, 0.4) is 0 Å². The molecule has 1 amide bonds. The quantitative estimate of drug-likeness (QED) is 0.593. The summed E-state index contributed by atoms with van der Waals surface area (Å²) in [6.45, 7) is 8.03. The number of rotatable bonds is 8. The lowest BCUT2D eigenvalue weighted by molar-refractivity contribution is -0.139. The van der Waals surface area contributed by atoms with Gasteiger partial charge in [-0.1, -0.05) is 13.0 Å². The molecule has 1 atom stereocenters. The second-order valence-electron chi connectivity index (χ2n) is 3.58. The molecule has 0 saturated heterocycles. The molecule has 0 saturated carbocycles. The minimum absolute atomic E-state index is 0.148. The van der Waals surface area contributed by atoms with Crippen LogP contribution in [0.4, 0.5) is 0 Å². The SMILES string of the molecule is C=CCN(CC(=O)O)C(C)C(=O)NCCC. The van der Waals surface area contributed by atoms with Gasteiger partial charge >= 0.3 is 5.97 Å². The summed E-state index contributed by atoms with van der Waals surface area (Å²) in [5.41, 5.74) is 0. The molecule has 0 bridgehead atoms. The van der Waals surface area contributed by atoms with Crippen LogP contribution in [0.15, 0.2) is 12.7 Å². The van der Waals surface area contributed by atoms with Crippen molar-refractivity contribution in [1.82, 2.24) is 10.2 Å². The van der Waals surface area contributed by atoms with Crippen molar-refractivity contribution in [2.24, 2.45) is 0 Å². The number of carboxylic acid groups (broad SMARTS) is 1. The van der Waals surface area contributed by atoms with Gasteiger partial charge in [0, 0.05) is 13.1 Å². The van der Waals surface area contributed by atoms with Gasteiger partial charge in [-0.05, 0) is 13.3 Å². The molecule has 1 unspecified atom stereocenters. The van der Waals surface area contributed by atoms with Gasteiger partial charge in [0.1, 0.15) is 0 Å². The lowest BCUT2D eigenvalue weighted by atomic mass is 10.2. The van der Waals surface area contributed by atoms with Gasteiger partial charge in [-0.15, -0.1) is 6.58 Å². The van der Waals surface area contributed by atoms with Gasteiger partial charge in [-0.25, -0.2) is 0 Å². The van der Waals surface area contributed by atoms with Crippen LogP contribution >= 0.6 is 0 Å². The largest absolute Gasteiger partial charge is 0.480 e. The smallest absolute Gasteiger partial charge is 0.317 e. The van der Waals surface area contributed by atoms with Crippen molar-refractivity contribution in [1.29, 1.82) is 0 Å². The van der Waals surface area contributed by atoms with E-state index in [1.54, 1.807) is 17.9 Å². The molecule has 0 fully saturated rings. The summed E-state index contributed by atoms with van der Waals surface area (Å²) in [6.07, 6.45) is 2.45. The van der Waals surface area contributed by atoms with Gasteiger partial charge in [0.2, 0.25) is 5.91 Å². The molecule has 5 heteroatoms. The van der Waals surface area contributed by atoms with Crippen LogP contribution in [0.1, 0.15) is 20.3 Å². The molecule has 0 heterocycles. The van der Waals surface area contributed by atoms with Crippen LogP contribution in [0.25, 0.3) is 0 Å². The molecule has 0 aromatic heterocycles. The first-order chi connectivity index (χ1) is 7.52. The fourth-order valence-electron chi connectivity index (χ4n) is 1.26. The molecule has 0 aliphatic rings. The van der Waals surface area contributed by atoms with Crippen LogP contribution in [0.5, 0.6) is 0 Å². The summed E-state index contributed by atoms with van der Waals surface area (Å²) >= 11 is 0. The van der Waals surface area contributed by atoms with Crippen molar-refractivity contribution in [3.8, 4) is 0 Å². The Balaban J connectivity index is 4.34. The van der Waals surface area contributed by atoms with E-state index in [0.717, 1.165) is 6.42 Å². The van der Waals surface area contributed by atoms with Crippen molar-refractivity contribution in [3.63, 3.8) is 0 Å². The summed E-state index contributed by atoms with van der Waals surface area (Å²) in [6, 6.07) is -0.458. The first-order valence-electron chi connectivity index (χ1n) is 5.37. The van der Waals surface area contributed by atoms with Gasteiger partial charge in [-0.2, -0.15) is 0 Å². The molecule has 16 heavy (non-hydrogen) atoms. The molecule has 0 aromatic carbocycles. The number of aliphatic carboxylic acids is 1. The lowest BCUT2D eigenvalue weighted by Gasteiger charge is -2.25. The number of nitrogens with one attached hydrogen (secondary N) is 1. The van der Waals surface area contributed by atoms with Gasteiger partial charge in [0.05, 0.1) is 12.6 Å². The Kier molecular flexibility index (Phi) is 7.20. The Hall–Kier alpha value is -1.36. The fraction of sp³-hybridized carbons (Fsp3) is 0.636. The Morgan fingerprint density at radius 1 is 1.56 bits per heavy atom. The number of carboxylic acids is 1. The average molecular weight is 228 g/mol. The molecule has 2 N–H and O–H groups in total. The van der Waals surface area contributed by atoms with Crippen LogP contribution in [0, 0.1) is 0 Å². The summed E-state index contributed by atoms with van der Waals surface area (Å²) < 4.78 is 0. The Bertz CT molecular complexity index is 254. The standard InChI is InChI=1S/C11H20N2O3/c1-4-6-12-11(16)9(3)13(7-5-2)8-10(14)15/h5,9H,2,4,6-8H2,1,3H3,(H,12,16)(H,14,15). The molecule has 0 aliphatic heterocycles. The summed E-state index contributed by atoms with van der Waals surface area (Å²) in [4.78, 5) is 23.8. The third kappa shape index (κ3) is 5.50. The highest BCUT2D eigenvalue weighted by Gasteiger charge is 2.21. The number of nitrogens with zero attached hydrogens (tertiary/aromatic N) is 1. The summed E-state index contributed by atoms with van der Waals surface area (Å²) in [7, 11) is 0. The highest BCUT2D eigenvalue weighted by Crippen LogP contribution is 1.99. The lowest BCUT2D eigenvalue weighted by Crippen LogP contribution is -2.47. The summed E-state index contributed by atoms with van der Waals surface area (Å²) in [5, 5.41) is 11.4. The van der Waals surface area contributed by atoms with Crippen LogP contribution in [-0.4, -0.2) is 47.6 Å². The van der Waals surface area contributed by atoms with Gasteiger partial charge in [0.25, 0.3) is 0 Å². The minimum atomic E-state index is -0.947. The van der Waals surface area contributed by atoms with Gasteiger partial charge in [-0.3, -0.25) is 14.5 Å². The maximum absolute atomic E-state index is 11.6. The Morgan fingerprint density at radius 3 is 2.62 bits per heavy atom. The van der Waals surface area contributed by atoms with E-state index in [-0.39, 0.29) is 12.5 Å². The zero-order chi connectivity index (χ0) is 12.6. The molecule has 0 rings (SSSR count). The molecular formula is C11H20N2O3. The molecule has 0 spiro atoms. The normalized spacial score (nSPS) is 12.2. The van der Waals surface area contributed by atoms with Gasteiger partial charge < -0.3 is 10.4 Å². The zero-order valence-electron chi connectivity index (χ0n) is 9.90. The highest BCUT2D eigenvalue weighted by molar-refractivity contribution is 5.82. The topological polar surface area (TPSA) is 69.6 Å². The third-order valence-corrected chi connectivity index (χ3v) is 2.18. The number of amides is 1. The molecule has 0 radical (unpaired) electrons. The summed E-state index contributed by atoms with van der Waals surface area (Å²) in [5.74, 6) is -1.10. The zero-order valence-corrected chi connectivity index (χ0v) is 9.90. The number of hydrogen-bond acceptors (Lipinski definition) is 3. The van der Waals surface area contributed by atoms with Crippen molar-refractivity contribution in [3.05, 3.63) is 12.7 Å². The predicted octanol–water partition coefficient (Wildman–Crippen LogP) is 0.474. The van der Waals surface area contributed by atoms with Crippen molar-refractivity contribution < 1.29 is 14.7 Å². The molecule has 92 valence electrons. The van der Waals surface area contributed by atoms with Crippen molar-refractivity contribution >= 4 is 11.9 Å². The average Bonchev–Trinajstić information content (AvgIpc) is 2.23. The van der Waals surface area contributed by atoms with E-state index in [2.05, 4.69) is 11.9 Å². The molecule has 0 aromatic rings. The van der Waals surface area contributed by atoms with E-state index in [1.807, 2.05) is 6.92 Å². The fourth-order valence-corrected chi connectivity index (χ4v) is 1.26.